The summed E-state index contributed by atoms with van der Waals surface area (Å²) in [5.74, 6) is 6.02. The molecule has 4 nitrogen and oxygen atoms in total. The van der Waals surface area contributed by atoms with Crippen LogP contribution in [0.25, 0.3) is 0 Å². The molecule has 0 radical (unpaired) electrons. The number of hydrogen-bond acceptors (Lipinski definition) is 10. The number of carbonyl (C=O) groups is 2. The molecule has 10 heteroatoms. The number of hydrogen-bond donors (Lipinski definition) is 0. The predicted octanol–water partition coefficient (Wildman–Crippen LogP) is 9.19. The van der Waals surface area contributed by atoms with Gasteiger partial charge in [-0.3, -0.25) is 0 Å². The molecule has 0 bridgehead atoms. The van der Waals surface area contributed by atoms with E-state index in [9.17, 15) is 9.59 Å². The van der Waals surface area contributed by atoms with Crippen LogP contribution in [0.2, 0.25) is 0 Å². The Balaban J connectivity index is 1.54. The number of esters is 2. The number of unbranched alkanes of at least 4 members (excludes halogenated alkanes) is 2. The minimum atomic E-state index is -0.267. The van der Waals surface area contributed by atoms with E-state index in [4.69, 9.17) is 9.47 Å². The molecule has 3 rings (SSSR count). The van der Waals surface area contributed by atoms with E-state index >= 15 is 0 Å². The lowest BCUT2D eigenvalue weighted by Crippen LogP contribution is -2.43. The van der Waals surface area contributed by atoms with Crippen LogP contribution in [-0.2, 0) is 19.1 Å². The zero-order valence-electron chi connectivity index (χ0n) is 26.1. The Kier molecular flexibility index (Phi) is 16.4. The number of thioether (sulfide) groups is 6. The van der Waals surface area contributed by atoms with Gasteiger partial charge in [-0.05, 0) is 102 Å². The molecule has 0 aromatic heterocycles. The molecule has 3 aliphatic rings. The van der Waals surface area contributed by atoms with E-state index in [2.05, 4.69) is 96.2 Å². The van der Waals surface area contributed by atoms with Gasteiger partial charge in [0.05, 0.1) is 21.4 Å². The Morgan fingerprint density at radius 3 is 1.31 bits per heavy atom. The Hall–Kier alpha value is 0.520. The quantitative estimate of drug-likeness (QED) is 0.0790. The van der Waals surface area contributed by atoms with Gasteiger partial charge < -0.3 is 9.47 Å². The first-order chi connectivity index (χ1) is 20.2. The topological polar surface area (TPSA) is 52.6 Å². The maximum absolute atomic E-state index is 11.8. The van der Waals surface area contributed by atoms with Crippen molar-refractivity contribution in [1.82, 2.24) is 0 Å². The van der Waals surface area contributed by atoms with Crippen molar-refractivity contribution in [3.63, 3.8) is 0 Å². The molecule has 2 aliphatic heterocycles. The summed E-state index contributed by atoms with van der Waals surface area (Å²) in [6, 6.07) is 0. The third kappa shape index (κ3) is 10.3. The third-order valence-electron chi connectivity index (χ3n) is 8.60. The maximum atomic E-state index is 11.8. The summed E-state index contributed by atoms with van der Waals surface area (Å²) in [6.07, 6.45) is 16.5. The molecule has 3 fully saturated rings. The normalized spacial score (nSPS) is 24.6. The Morgan fingerprint density at radius 1 is 0.690 bits per heavy atom. The van der Waals surface area contributed by atoms with E-state index in [-0.39, 0.29) is 11.9 Å². The van der Waals surface area contributed by atoms with Gasteiger partial charge in [0.15, 0.2) is 0 Å². The van der Waals surface area contributed by atoms with Crippen molar-refractivity contribution >= 4 is 82.5 Å². The van der Waals surface area contributed by atoms with Crippen LogP contribution in [0, 0.1) is 11.8 Å². The highest BCUT2D eigenvalue weighted by molar-refractivity contribution is 8.22. The van der Waals surface area contributed by atoms with Gasteiger partial charge in [-0.1, -0.05) is 13.2 Å². The largest absolute Gasteiger partial charge is 0.462 e. The van der Waals surface area contributed by atoms with E-state index in [0.717, 1.165) is 37.5 Å². The van der Waals surface area contributed by atoms with E-state index in [1.165, 1.54) is 61.5 Å². The standard InChI is InChI=1S/C32H52O4S6/c1-23(2)29(33)35-17-9-7-15-31(39-19-20-40-31)27(37-5)25-11-13-26(14-12-25)28(38-6)32(41-21-22-42-32)16-8-10-18-36-30(34)24(3)4/h25-28H,1,3,7-22H2,2,4-6H3. The van der Waals surface area contributed by atoms with Crippen LogP contribution in [0.15, 0.2) is 24.3 Å². The number of ether oxygens (including phenoxy) is 2. The summed E-state index contributed by atoms with van der Waals surface area (Å²) in [6.45, 7) is 11.8. The van der Waals surface area contributed by atoms with E-state index in [0.29, 0.717) is 43.0 Å². The molecule has 0 spiro atoms. The molecule has 0 amide bonds. The molecule has 0 aromatic rings. The fraction of sp³-hybridized carbons (Fsp3) is 0.812. The number of rotatable bonds is 18. The van der Waals surface area contributed by atoms with Crippen molar-refractivity contribution in [2.75, 3.05) is 48.7 Å². The summed E-state index contributed by atoms with van der Waals surface area (Å²) in [5, 5.41) is 1.35. The van der Waals surface area contributed by atoms with Crippen LogP contribution in [0.5, 0.6) is 0 Å². The first kappa shape index (κ1) is 37.0. The maximum Gasteiger partial charge on any atom is 0.333 e. The van der Waals surface area contributed by atoms with Gasteiger partial charge >= 0.3 is 11.9 Å². The summed E-state index contributed by atoms with van der Waals surface area (Å²) in [4.78, 5) is 23.5. The van der Waals surface area contributed by atoms with E-state index in [1.807, 2.05) is 0 Å². The fourth-order valence-corrected chi connectivity index (χ4v) is 17.8. The second kappa shape index (κ2) is 18.6. The lowest BCUT2D eigenvalue weighted by Gasteiger charge is -2.46. The summed E-state index contributed by atoms with van der Waals surface area (Å²) < 4.78 is 11.3. The van der Waals surface area contributed by atoms with Crippen LogP contribution in [0.4, 0.5) is 0 Å². The molecule has 2 saturated heterocycles. The van der Waals surface area contributed by atoms with Crippen LogP contribution in [-0.4, -0.2) is 79.3 Å². The Labute approximate surface area is 281 Å². The third-order valence-corrected chi connectivity index (χ3v) is 19.1. The van der Waals surface area contributed by atoms with E-state index < -0.39 is 0 Å². The molecule has 2 atom stereocenters. The minimum absolute atomic E-state index is 0.267. The van der Waals surface area contributed by atoms with Gasteiger partial charge in [-0.25, -0.2) is 9.59 Å². The summed E-state index contributed by atoms with van der Waals surface area (Å²) in [7, 11) is 0. The van der Waals surface area contributed by atoms with Gasteiger partial charge in [0.1, 0.15) is 0 Å². The van der Waals surface area contributed by atoms with Crippen LogP contribution < -0.4 is 0 Å². The highest BCUT2D eigenvalue weighted by Gasteiger charge is 2.49. The molecule has 2 heterocycles. The second-order valence-corrected chi connectivity index (χ2v) is 19.9. The minimum Gasteiger partial charge on any atom is -0.462 e. The van der Waals surface area contributed by atoms with Crippen LogP contribution in [0.3, 0.4) is 0 Å². The van der Waals surface area contributed by atoms with Crippen molar-refractivity contribution in [3.8, 4) is 0 Å². The number of carbonyl (C=O) groups excluding carboxylic acids is 2. The lowest BCUT2D eigenvalue weighted by molar-refractivity contribution is -0.139. The van der Waals surface area contributed by atoms with Crippen molar-refractivity contribution in [2.45, 2.75) is 96.7 Å². The average Bonchev–Trinajstić information content (AvgIpc) is 3.65. The van der Waals surface area contributed by atoms with Gasteiger partial charge in [-0.15, -0.1) is 47.0 Å². The molecule has 240 valence electrons. The molecule has 0 aromatic carbocycles. The summed E-state index contributed by atoms with van der Waals surface area (Å²) >= 11 is 13.0. The molecule has 2 unspecified atom stereocenters. The molecule has 0 N–H and O–H groups in total. The van der Waals surface area contributed by atoms with Crippen LogP contribution >= 0.6 is 70.6 Å². The Bertz CT molecular complexity index is 819. The SMILES string of the molecule is C=C(C)C(=O)OCCCCC1(C(SC)C2CCC(C(SC)C3(CCCCOC(=O)C(=C)C)SCCS3)CC2)SCCS1. The van der Waals surface area contributed by atoms with Crippen molar-refractivity contribution in [2.24, 2.45) is 11.8 Å². The average molecular weight is 693 g/mol. The zero-order valence-corrected chi connectivity index (χ0v) is 31.0. The zero-order chi connectivity index (χ0) is 30.6. The lowest BCUT2D eigenvalue weighted by atomic mass is 9.77. The molecular weight excluding hydrogens is 641 g/mol. The monoisotopic (exact) mass is 692 g/mol. The molecule has 1 saturated carbocycles. The smallest absolute Gasteiger partial charge is 0.333 e. The molecule has 1 aliphatic carbocycles. The predicted molar refractivity (Wildman–Crippen MR) is 195 cm³/mol. The summed E-state index contributed by atoms with van der Waals surface area (Å²) in [5.41, 5.74) is 0.959. The first-order valence-electron chi connectivity index (χ1n) is 15.4. The van der Waals surface area contributed by atoms with Gasteiger partial charge in [0.2, 0.25) is 0 Å². The molecule has 42 heavy (non-hydrogen) atoms. The fourth-order valence-electron chi connectivity index (χ4n) is 6.58. The first-order valence-corrected chi connectivity index (χ1v) is 22.0. The van der Waals surface area contributed by atoms with Crippen molar-refractivity contribution in [1.29, 1.82) is 0 Å². The molecular formula is C32H52O4S6. The second-order valence-electron chi connectivity index (χ2n) is 11.8. The van der Waals surface area contributed by atoms with Crippen molar-refractivity contribution in [3.05, 3.63) is 24.3 Å². The van der Waals surface area contributed by atoms with Crippen molar-refractivity contribution < 1.29 is 19.1 Å². The van der Waals surface area contributed by atoms with Gasteiger partial charge in [0.25, 0.3) is 0 Å². The van der Waals surface area contributed by atoms with E-state index in [1.54, 1.807) is 13.8 Å². The van der Waals surface area contributed by atoms with Gasteiger partial charge in [0, 0.05) is 44.7 Å². The Morgan fingerprint density at radius 2 is 1.02 bits per heavy atom. The highest BCUT2D eigenvalue weighted by atomic mass is 32.2. The highest BCUT2D eigenvalue weighted by Crippen LogP contribution is 2.59. The van der Waals surface area contributed by atoms with Gasteiger partial charge in [-0.2, -0.15) is 23.5 Å². The van der Waals surface area contributed by atoms with Crippen LogP contribution in [0.1, 0.15) is 78.1 Å².